The maximum absolute atomic E-state index is 11.7. The molecule has 1 aliphatic rings. The van der Waals surface area contributed by atoms with Crippen molar-refractivity contribution in [2.75, 3.05) is 37.4 Å². The van der Waals surface area contributed by atoms with E-state index >= 15 is 0 Å². The topological polar surface area (TPSA) is 101 Å². The molecule has 7 heteroatoms. The summed E-state index contributed by atoms with van der Waals surface area (Å²) in [6.45, 7) is 1.32. The second-order valence-electron chi connectivity index (χ2n) is 4.07. The van der Waals surface area contributed by atoms with Gasteiger partial charge in [0.25, 0.3) is 0 Å². The van der Waals surface area contributed by atoms with Crippen LogP contribution in [0.25, 0.3) is 0 Å². The molecule has 7 nitrogen and oxygen atoms in total. The summed E-state index contributed by atoms with van der Waals surface area (Å²) in [4.78, 5) is 17.7. The minimum absolute atomic E-state index is 0.293. The highest BCUT2D eigenvalue weighted by Crippen LogP contribution is 2.22. The van der Waals surface area contributed by atoms with E-state index in [0.29, 0.717) is 36.8 Å². The zero-order valence-electron chi connectivity index (χ0n) is 10.5. The fourth-order valence-electron chi connectivity index (χ4n) is 1.91. The van der Waals surface area contributed by atoms with Crippen LogP contribution in [0.4, 0.5) is 11.5 Å². The summed E-state index contributed by atoms with van der Waals surface area (Å²) in [5.74, 6) is -0.0422. The molecule has 1 aromatic heterocycles. The summed E-state index contributed by atoms with van der Waals surface area (Å²) < 4.78 is 9.98. The standard InChI is InChI=1S/C12H14N4O3/c1-18-12(17)10-4-8(14)6-15-11(10)16-2-3-19-9(5-13)7-16/h4,6,9H,2-3,7,14H2,1H3. The Morgan fingerprint density at radius 2 is 2.53 bits per heavy atom. The van der Waals surface area contributed by atoms with Crippen LogP contribution in [0.2, 0.25) is 0 Å². The Hall–Kier alpha value is -2.33. The Balaban J connectivity index is 2.33. The highest BCUT2D eigenvalue weighted by Gasteiger charge is 2.25. The quantitative estimate of drug-likeness (QED) is 0.758. The number of morpholine rings is 1. The van der Waals surface area contributed by atoms with Gasteiger partial charge >= 0.3 is 5.97 Å². The molecule has 0 amide bonds. The lowest BCUT2D eigenvalue weighted by atomic mass is 10.2. The number of nitrogen functional groups attached to an aromatic ring is 1. The Bertz CT molecular complexity index is 526. The number of esters is 1. The number of nitriles is 1. The molecule has 0 radical (unpaired) electrons. The highest BCUT2D eigenvalue weighted by atomic mass is 16.5. The maximum atomic E-state index is 11.7. The van der Waals surface area contributed by atoms with Crippen molar-refractivity contribution >= 4 is 17.5 Å². The van der Waals surface area contributed by atoms with Crippen molar-refractivity contribution in [1.29, 1.82) is 5.26 Å². The lowest BCUT2D eigenvalue weighted by molar-refractivity contribution is 0.0596. The predicted molar refractivity (Wildman–Crippen MR) is 67.6 cm³/mol. The first-order valence-electron chi connectivity index (χ1n) is 5.75. The van der Waals surface area contributed by atoms with Crippen molar-refractivity contribution in [3.05, 3.63) is 17.8 Å². The van der Waals surface area contributed by atoms with E-state index in [1.807, 2.05) is 11.0 Å². The SMILES string of the molecule is COC(=O)c1cc(N)cnc1N1CCOC(C#N)C1. The lowest BCUT2D eigenvalue weighted by Crippen LogP contribution is -2.43. The van der Waals surface area contributed by atoms with E-state index in [1.54, 1.807) is 0 Å². The molecule has 0 spiro atoms. The molecule has 100 valence electrons. The van der Waals surface area contributed by atoms with Gasteiger partial charge in [-0.3, -0.25) is 0 Å². The lowest BCUT2D eigenvalue weighted by Gasteiger charge is -2.31. The number of nitrogens with two attached hydrogens (primary N) is 1. The molecule has 0 aliphatic carbocycles. The van der Waals surface area contributed by atoms with E-state index in [1.165, 1.54) is 19.4 Å². The molecule has 0 saturated carbocycles. The van der Waals surface area contributed by atoms with Gasteiger partial charge in [-0.15, -0.1) is 0 Å². The number of carbonyl (C=O) groups excluding carboxylic acids is 1. The molecule has 2 heterocycles. The third-order valence-electron chi connectivity index (χ3n) is 2.80. The Morgan fingerprint density at radius 1 is 1.74 bits per heavy atom. The number of carbonyl (C=O) groups is 1. The van der Waals surface area contributed by atoms with Crippen molar-refractivity contribution in [3.8, 4) is 6.07 Å². The fraction of sp³-hybridized carbons (Fsp3) is 0.417. The van der Waals surface area contributed by atoms with Crippen molar-refractivity contribution in [2.24, 2.45) is 0 Å². The first-order chi connectivity index (χ1) is 9.15. The van der Waals surface area contributed by atoms with Crippen molar-refractivity contribution in [3.63, 3.8) is 0 Å². The third kappa shape index (κ3) is 2.74. The van der Waals surface area contributed by atoms with Crippen molar-refractivity contribution in [1.82, 2.24) is 4.98 Å². The number of hydrogen-bond donors (Lipinski definition) is 1. The van der Waals surface area contributed by atoms with Gasteiger partial charge < -0.3 is 20.1 Å². The normalized spacial score (nSPS) is 18.7. The van der Waals surface area contributed by atoms with Crippen LogP contribution < -0.4 is 10.6 Å². The molecule has 0 bridgehead atoms. The summed E-state index contributed by atoms with van der Waals surface area (Å²) in [6, 6.07) is 3.56. The summed E-state index contributed by atoms with van der Waals surface area (Å²) in [7, 11) is 1.30. The number of anilines is 2. The first-order valence-corrected chi connectivity index (χ1v) is 5.75. The summed E-state index contributed by atoms with van der Waals surface area (Å²) in [5, 5.41) is 8.89. The number of ether oxygens (including phenoxy) is 2. The van der Waals surface area contributed by atoms with Crippen LogP contribution in [0.1, 0.15) is 10.4 Å². The Kier molecular flexibility index (Phi) is 3.82. The van der Waals surface area contributed by atoms with Crippen LogP contribution in [-0.4, -0.2) is 43.9 Å². The van der Waals surface area contributed by atoms with Gasteiger partial charge in [0.1, 0.15) is 11.4 Å². The molecular formula is C12H14N4O3. The van der Waals surface area contributed by atoms with Crippen LogP contribution in [-0.2, 0) is 9.47 Å². The number of pyridine rings is 1. The minimum Gasteiger partial charge on any atom is -0.465 e. The number of methoxy groups -OCH3 is 1. The Morgan fingerprint density at radius 3 is 3.21 bits per heavy atom. The second kappa shape index (κ2) is 5.54. The average Bonchev–Trinajstić information content (AvgIpc) is 2.46. The summed E-state index contributed by atoms with van der Waals surface area (Å²) in [6.07, 6.45) is 0.942. The summed E-state index contributed by atoms with van der Waals surface area (Å²) >= 11 is 0. The molecule has 19 heavy (non-hydrogen) atoms. The molecule has 1 unspecified atom stereocenters. The van der Waals surface area contributed by atoms with Gasteiger partial charge in [-0.2, -0.15) is 5.26 Å². The van der Waals surface area contributed by atoms with Crippen LogP contribution in [0.15, 0.2) is 12.3 Å². The van der Waals surface area contributed by atoms with Gasteiger partial charge in [0, 0.05) is 6.54 Å². The second-order valence-corrected chi connectivity index (χ2v) is 4.07. The minimum atomic E-state index is -0.529. The molecular weight excluding hydrogens is 248 g/mol. The highest BCUT2D eigenvalue weighted by molar-refractivity contribution is 5.95. The predicted octanol–water partition coefficient (Wildman–Crippen LogP) is 0.179. The van der Waals surface area contributed by atoms with Crippen molar-refractivity contribution in [2.45, 2.75) is 6.10 Å². The average molecular weight is 262 g/mol. The molecule has 1 saturated heterocycles. The van der Waals surface area contributed by atoms with E-state index in [9.17, 15) is 4.79 Å². The molecule has 2 rings (SSSR count). The number of hydrogen-bond acceptors (Lipinski definition) is 7. The monoisotopic (exact) mass is 262 g/mol. The Labute approximate surface area is 110 Å². The zero-order chi connectivity index (χ0) is 13.8. The van der Waals surface area contributed by atoms with Gasteiger partial charge in [0.2, 0.25) is 0 Å². The van der Waals surface area contributed by atoms with Crippen LogP contribution in [0, 0.1) is 11.3 Å². The van der Waals surface area contributed by atoms with E-state index in [4.69, 9.17) is 20.5 Å². The van der Waals surface area contributed by atoms with E-state index in [0.717, 1.165) is 0 Å². The van der Waals surface area contributed by atoms with E-state index in [2.05, 4.69) is 4.98 Å². The summed E-state index contributed by atoms with van der Waals surface area (Å²) in [5.41, 5.74) is 6.31. The third-order valence-corrected chi connectivity index (χ3v) is 2.80. The van der Waals surface area contributed by atoms with Gasteiger partial charge in [0.15, 0.2) is 6.10 Å². The number of rotatable bonds is 2. The van der Waals surface area contributed by atoms with Crippen LogP contribution in [0.3, 0.4) is 0 Å². The van der Waals surface area contributed by atoms with Crippen LogP contribution >= 0.6 is 0 Å². The molecule has 1 fully saturated rings. The van der Waals surface area contributed by atoms with Gasteiger partial charge in [-0.1, -0.05) is 0 Å². The first kappa shape index (κ1) is 13.1. The molecule has 1 aromatic rings. The largest absolute Gasteiger partial charge is 0.465 e. The van der Waals surface area contributed by atoms with E-state index < -0.39 is 12.1 Å². The molecule has 2 N–H and O–H groups in total. The number of nitrogens with zero attached hydrogens (tertiary/aromatic N) is 3. The van der Waals surface area contributed by atoms with Crippen molar-refractivity contribution < 1.29 is 14.3 Å². The fourth-order valence-corrected chi connectivity index (χ4v) is 1.91. The van der Waals surface area contributed by atoms with Gasteiger partial charge in [0.05, 0.1) is 38.2 Å². The zero-order valence-corrected chi connectivity index (χ0v) is 10.5. The van der Waals surface area contributed by atoms with Crippen LogP contribution in [0.5, 0.6) is 0 Å². The van der Waals surface area contributed by atoms with Gasteiger partial charge in [-0.25, -0.2) is 9.78 Å². The maximum Gasteiger partial charge on any atom is 0.341 e. The smallest absolute Gasteiger partial charge is 0.341 e. The number of aromatic nitrogens is 1. The molecule has 1 atom stereocenters. The molecule has 0 aromatic carbocycles. The van der Waals surface area contributed by atoms with Gasteiger partial charge in [-0.05, 0) is 6.07 Å². The van der Waals surface area contributed by atoms with E-state index in [-0.39, 0.29) is 0 Å². The molecule has 1 aliphatic heterocycles.